The van der Waals surface area contributed by atoms with Crippen molar-refractivity contribution in [2.45, 2.75) is 83.1 Å². The Bertz CT molecular complexity index is 511. The Balaban J connectivity index is 2.44. The Morgan fingerprint density at radius 1 is 1.15 bits per heavy atom. The van der Waals surface area contributed by atoms with Crippen molar-refractivity contribution in [1.82, 2.24) is 10.6 Å². The van der Waals surface area contributed by atoms with Crippen molar-refractivity contribution >= 4 is 19.8 Å². The van der Waals surface area contributed by atoms with E-state index in [1.807, 2.05) is 13.8 Å². The van der Waals surface area contributed by atoms with Crippen LogP contribution in [0, 0.1) is 11.8 Å². The molecule has 0 saturated heterocycles. The molecule has 2 unspecified atom stereocenters. The van der Waals surface area contributed by atoms with Crippen LogP contribution in [0.2, 0.25) is 0 Å². The SMILES string of the molecule is CC(C)[C@@H](N)C(=O)N[C@@H](C)C(=O)NC[C@H](O)CC(C1CCCCC1)[PH](=O)O. The van der Waals surface area contributed by atoms with Crippen molar-refractivity contribution < 1.29 is 24.2 Å². The van der Waals surface area contributed by atoms with Crippen molar-refractivity contribution in [3.8, 4) is 0 Å². The molecule has 5 atom stereocenters. The van der Waals surface area contributed by atoms with Gasteiger partial charge in [-0.25, -0.2) is 0 Å². The number of nitrogens with one attached hydrogen (secondary N) is 2. The van der Waals surface area contributed by atoms with E-state index in [4.69, 9.17) is 5.73 Å². The molecule has 1 aliphatic rings. The zero-order valence-electron chi connectivity index (χ0n) is 16.6. The maximum atomic E-state index is 12.1. The zero-order chi connectivity index (χ0) is 20.6. The van der Waals surface area contributed by atoms with Crippen LogP contribution in [-0.2, 0) is 14.2 Å². The number of hydrogen-bond donors (Lipinski definition) is 5. The van der Waals surface area contributed by atoms with Gasteiger partial charge < -0.3 is 26.4 Å². The fraction of sp³-hybridized carbons (Fsp3) is 0.889. The molecule has 1 aliphatic carbocycles. The van der Waals surface area contributed by atoms with E-state index in [9.17, 15) is 24.2 Å². The van der Waals surface area contributed by atoms with Crippen LogP contribution in [0.25, 0.3) is 0 Å². The normalized spacial score (nSPS) is 21.1. The van der Waals surface area contributed by atoms with Crippen LogP contribution in [0.3, 0.4) is 0 Å². The molecule has 1 saturated carbocycles. The molecule has 27 heavy (non-hydrogen) atoms. The minimum absolute atomic E-state index is 0.0202. The molecule has 1 fully saturated rings. The molecule has 0 bridgehead atoms. The number of amides is 2. The van der Waals surface area contributed by atoms with E-state index in [-0.39, 0.29) is 24.8 Å². The Hall–Kier alpha value is -0.950. The number of carbonyl (C=O) groups excluding carboxylic acids is 2. The maximum absolute atomic E-state index is 12.1. The number of hydrogen-bond acceptors (Lipinski definition) is 5. The second-order valence-electron chi connectivity index (χ2n) is 7.98. The molecule has 0 spiro atoms. The van der Waals surface area contributed by atoms with Crippen molar-refractivity contribution in [1.29, 1.82) is 0 Å². The average molecular weight is 405 g/mol. The van der Waals surface area contributed by atoms with Gasteiger partial charge in [0.2, 0.25) is 11.8 Å². The lowest BCUT2D eigenvalue weighted by atomic mass is 9.85. The lowest BCUT2D eigenvalue weighted by Crippen LogP contribution is -2.52. The quantitative estimate of drug-likeness (QED) is 0.340. The molecular formula is C18H36N3O5P. The van der Waals surface area contributed by atoms with Gasteiger partial charge in [0.1, 0.15) is 6.04 Å². The van der Waals surface area contributed by atoms with Gasteiger partial charge in [-0.2, -0.15) is 0 Å². The summed E-state index contributed by atoms with van der Waals surface area (Å²) < 4.78 is 11.7. The lowest BCUT2D eigenvalue weighted by Gasteiger charge is -2.30. The molecule has 0 aromatic carbocycles. The van der Waals surface area contributed by atoms with Gasteiger partial charge in [-0.1, -0.05) is 33.1 Å². The molecular weight excluding hydrogens is 369 g/mol. The van der Waals surface area contributed by atoms with E-state index in [0.717, 1.165) is 32.1 Å². The highest BCUT2D eigenvalue weighted by molar-refractivity contribution is 7.38. The first-order chi connectivity index (χ1) is 12.6. The van der Waals surface area contributed by atoms with Crippen LogP contribution in [0.5, 0.6) is 0 Å². The van der Waals surface area contributed by atoms with Crippen LogP contribution in [0.15, 0.2) is 0 Å². The van der Waals surface area contributed by atoms with Gasteiger partial charge in [0, 0.05) is 12.2 Å². The number of nitrogens with two attached hydrogens (primary N) is 1. The van der Waals surface area contributed by atoms with Gasteiger partial charge in [0.05, 0.1) is 12.1 Å². The lowest BCUT2D eigenvalue weighted by molar-refractivity contribution is -0.129. The van der Waals surface area contributed by atoms with Gasteiger partial charge >= 0.3 is 0 Å². The number of aliphatic hydroxyl groups excluding tert-OH is 1. The number of rotatable bonds is 10. The van der Waals surface area contributed by atoms with Gasteiger partial charge in [-0.15, -0.1) is 0 Å². The first kappa shape index (κ1) is 24.1. The fourth-order valence-corrected chi connectivity index (χ4v) is 4.67. The second kappa shape index (κ2) is 11.8. The molecule has 9 heteroatoms. The van der Waals surface area contributed by atoms with Crippen molar-refractivity contribution in [2.75, 3.05) is 6.54 Å². The van der Waals surface area contributed by atoms with Crippen LogP contribution < -0.4 is 16.4 Å². The topological polar surface area (TPSA) is 142 Å². The molecule has 0 aliphatic heterocycles. The third-order valence-electron chi connectivity index (χ3n) is 5.35. The molecule has 0 aromatic rings. The van der Waals surface area contributed by atoms with Gasteiger partial charge in [0.15, 0.2) is 8.03 Å². The van der Waals surface area contributed by atoms with E-state index in [2.05, 4.69) is 10.6 Å². The number of carbonyl (C=O) groups is 2. The summed E-state index contributed by atoms with van der Waals surface area (Å²) in [7, 11) is -2.75. The minimum atomic E-state index is -2.75. The van der Waals surface area contributed by atoms with E-state index >= 15 is 0 Å². The van der Waals surface area contributed by atoms with Gasteiger partial charge in [-0.3, -0.25) is 14.2 Å². The summed E-state index contributed by atoms with van der Waals surface area (Å²) >= 11 is 0. The summed E-state index contributed by atoms with van der Waals surface area (Å²) in [6.45, 7) is 5.17. The fourth-order valence-electron chi connectivity index (χ4n) is 3.46. The summed E-state index contributed by atoms with van der Waals surface area (Å²) in [5, 5.41) is 15.4. The Morgan fingerprint density at radius 2 is 1.74 bits per heavy atom. The Morgan fingerprint density at radius 3 is 2.26 bits per heavy atom. The smallest absolute Gasteiger partial charge is 0.242 e. The van der Waals surface area contributed by atoms with Crippen LogP contribution in [0.1, 0.15) is 59.3 Å². The van der Waals surface area contributed by atoms with Crippen LogP contribution in [-0.4, -0.2) is 52.2 Å². The molecule has 2 amide bonds. The predicted octanol–water partition coefficient (Wildman–Crippen LogP) is 0.758. The number of aliphatic hydroxyl groups is 1. The van der Waals surface area contributed by atoms with Crippen molar-refractivity contribution in [3.63, 3.8) is 0 Å². The highest BCUT2D eigenvalue weighted by Crippen LogP contribution is 2.40. The van der Waals surface area contributed by atoms with E-state index < -0.39 is 43.7 Å². The summed E-state index contributed by atoms with van der Waals surface area (Å²) in [5.74, 6) is -0.703. The third-order valence-corrected chi connectivity index (χ3v) is 6.69. The van der Waals surface area contributed by atoms with Crippen molar-refractivity contribution in [3.05, 3.63) is 0 Å². The largest absolute Gasteiger partial charge is 0.391 e. The van der Waals surface area contributed by atoms with E-state index in [0.29, 0.717) is 0 Å². The summed E-state index contributed by atoms with van der Waals surface area (Å²) in [5.41, 5.74) is 5.34. The van der Waals surface area contributed by atoms with Crippen molar-refractivity contribution in [2.24, 2.45) is 17.6 Å². The summed E-state index contributed by atoms with van der Waals surface area (Å²) in [4.78, 5) is 33.7. The molecule has 6 N–H and O–H groups in total. The second-order valence-corrected chi connectivity index (χ2v) is 9.40. The maximum Gasteiger partial charge on any atom is 0.242 e. The van der Waals surface area contributed by atoms with Crippen LogP contribution in [0.4, 0.5) is 0 Å². The Kier molecular flexibility index (Phi) is 10.5. The minimum Gasteiger partial charge on any atom is -0.391 e. The molecule has 0 radical (unpaired) electrons. The highest BCUT2D eigenvalue weighted by atomic mass is 31.1. The summed E-state index contributed by atoms with van der Waals surface area (Å²) in [6, 6.07) is -1.47. The van der Waals surface area contributed by atoms with E-state index in [1.54, 1.807) is 6.92 Å². The first-order valence-corrected chi connectivity index (χ1v) is 11.3. The summed E-state index contributed by atoms with van der Waals surface area (Å²) in [6.07, 6.45) is 4.39. The highest BCUT2D eigenvalue weighted by Gasteiger charge is 2.30. The molecule has 8 nitrogen and oxygen atoms in total. The molecule has 0 heterocycles. The molecule has 1 rings (SSSR count). The predicted molar refractivity (Wildman–Crippen MR) is 106 cm³/mol. The zero-order valence-corrected chi connectivity index (χ0v) is 17.6. The van der Waals surface area contributed by atoms with E-state index in [1.165, 1.54) is 0 Å². The Labute approximate surface area is 162 Å². The average Bonchev–Trinajstić information content (AvgIpc) is 2.63. The standard InChI is InChI=1S/C18H36N3O5P/c1-11(2)16(19)18(24)21-12(3)17(23)20-10-14(22)9-15(27(25)26)13-7-5-4-6-8-13/h11-16,22,27H,4-10,19H2,1-3H3,(H,20,23)(H,21,24)(H,25,26)/t12-,14+,15?,16+/m0/s1. The monoisotopic (exact) mass is 405 g/mol. The van der Waals surface area contributed by atoms with Gasteiger partial charge in [0.25, 0.3) is 0 Å². The first-order valence-electron chi connectivity index (χ1n) is 9.88. The van der Waals surface area contributed by atoms with Crippen LogP contribution >= 0.6 is 8.03 Å². The van der Waals surface area contributed by atoms with Gasteiger partial charge in [-0.05, 0) is 38.0 Å². The molecule has 158 valence electrons. The molecule has 0 aromatic heterocycles. The third kappa shape index (κ3) is 8.30.